The van der Waals surface area contributed by atoms with Crippen molar-refractivity contribution < 1.29 is 19.0 Å². The Morgan fingerprint density at radius 1 is 0.966 bits per heavy atom. The van der Waals surface area contributed by atoms with E-state index in [4.69, 9.17) is 0 Å². The van der Waals surface area contributed by atoms with Crippen LogP contribution >= 0.6 is 0 Å². The molecule has 11 atom stereocenters. The van der Waals surface area contributed by atoms with Crippen molar-refractivity contribution in [3.05, 3.63) is 0 Å². The predicted molar refractivity (Wildman–Crippen MR) is 112 cm³/mol. The summed E-state index contributed by atoms with van der Waals surface area (Å²) in [6, 6.07) is 0. The van der Waals surface area contributed by atoms with E-state index in [0.29, 0.717) is 17.8 Å². The first-order valence-corrected chi connectivity index (χ1v) is 12.2. The maximum Gasteiger partial charge on any atom is 0.248 e. The van der Waals surface area contributed by atoms with E-state index in [0.717, 1.165) is 58.3 Å². The Morgan fingerprint density at radius 3 is 2.21 bits per heavy atom. The van der Waals surface area contributed by atoms with E-state index < -0.39 is 11.8 Å². The van der Waals surface area contributed by atoms with Gasteiger partial charge in [-0.15, -0.1) is 0 Å². The third-order valence-electron chi connectivity index (χ3n) is 10.9. The van der Waals surface area contributed by atoms with Gasteiger partial charge in [0.15, 0.2) is 0 Å². The van der Waals surface area contributed by atoms with Crippen LogP contribution in [0.3, 0.4) is 0 Å². The fourth-order valence-corrected chi connectivity index (χ4v) is 9.17. The summed E-state index contributed by atoms with van der Waals surface area (Å²) in [4.78, 5) is 0. The van der Waals surface area contributed by atoms with Crippen molar-refractivity contribution in [1.82, 2.24) is 0 Å². The molecule has 3 unspecified atom stereocenters. The summed E-state index contributed by atoms with van der Waals surface area (Å²) in [5.41, 5.74) is 0.0835. The fourth-order valence-electron chi connectivity index (χ4n) is 9.17. The zero-order chi connectivity index (χ0) is 21.4. The number of halogens is 2. The van der Waals surface area contributed by atoms with E-state index in [2.05, 4.69) is 20.8 Å². The van der Waals surface area contributed by atoms with Gasteiger partial charge in [-0.2, -0.15) is 0 Å². The van der Waals surface area contributed by atoms with Gasteiger partial charge in [0.1, 0.15) is 0 Å². The van der Waals surface area contributed by atoms with Crippen LogP contribution in [0, 0.1) is 52.3 Å². The molecule has 0 spiro atoms. The normalized spacial score (nSPS) is 53.7. The largest absolute Gasteiger partial charge is 0.393 e. The molecule has 0 aromatic carbocycles. The molecule has 4 aliphatic rings. The van der Waals surface area contributed by atoms with Crippen LogP contribution in [0.2, 0.25) is 0 Å². The lowest BCUT2D eigenvalue weighted by molar-refractivity contribution is -0.206. The number of rotatable bonds is 3. The van der Waals surface area contributed by atoms with Crippen molar-refractivity contribution in [2.75, 3.05) is 0 Å². The molecule has 0 saturated heterocycles. The average molecular weight is 413 g/mol. The molecule has 0 aliphatic heterocycles. The van der Waals surface area contributed by atoms with Crippen molar-refractivity contribution in [1.29, 1.82) is 0 Å². The lowest BCUT2D eigenvalue weighted by Crippen LogP contribution is -2.62. The van der Waals surface area contributed by atoms with Gasteiger partial charge < -0.3 is 10.2 Å². The molecule has 0 aromatic rings. The first-order chi connectivity index (χ1) is 13.4. The molecule has 0 bridgehead atoms. The Kier molecular flexibility index (Phi) is 5.42. The maximum atomic E-state index is 14.3. The summed E-state index contributed by atoms with van der Waals surface area (Å²) in [7, 11) is 0. The first kappa shape index (κ1) is 22.0. The summed E-state index contributed by atoms with van der Waals surface area (Å²) in [6.07, 6.45) is 7.00. The van der Waals surface area contributed by atoms with Crippen molar-refractivity contribution in [3.63, 3.8) is 0 Å². The van der Waals surface area contributed by atoms with Crippen LogP contribution in [0.15, 0.2) is 0 Å². The van der Waals surface area contributed by atoms with Gasteiger partial charge in [0.25, 0.3) is 0 Å². The molecule has 168 valence electrons. The quantitative estimate of drug-likeness (QED) is 0.605. The van der Waals surface area contributed by atoms with Crippen molar-refractivity contribution in [2.24, 2.45) is 52.3 Å². The van der Waals surface area contributed by atoms with Crippen LogP contribution in [-0.2, 0) is 0 Å². The molecule has 29 heavy (non-hydrogen) atoms. The summed E-state index contributed by atoms with van der Waals surface area (Å²) in [6.45, 7) is 9.70. The second-order valence-corrected chi connectivity index (χ2v) is 11.9. The lowest BCUT2D eigenvalue weighted by atomic mass is 9.41. The zero-order valence-electron chi connectivity index (χ0n) is 19.0. The highest BCUT2D eigenvalue weighted by Gasteiger charge is 2.65. The van der Waals surface area contributed by atoms with Gasteiger partial charge in [-0.1, -0.05) is 34.1 Å². The summed E-state index contributed by atoms with van der Waals surface area (Å²) >= 11 is 0. The maximum absolute atomic E-state index is 14.3. The molecule has 0 heterocycles. The van der Waals surface area contributed by atoms with Crippen molar-refractivity contribution >= 4 is 0 Å². The predicted octanol–water partition coefficient (Wildman–Crippen LogP) is 5.90. The second kappa shape index (κ2) is 7.15. The fraction of sp³-hybridized carbons (Fsp3) is 1.00. The molecule has 2 N–H and O–H groups in total. The number of fused-ring (bicyclic) bond motifs is 5. The Morgan fingerprint density at radius 2 is 1.59 bits per heavy atom. The number of hydrogen-bond acceptors (Lipinski definition) is 2. The Hall–Kier alpha value is -0.220. The zero-order valence-corrected chi connectivity index (χ0v) is 19.0. The van der Waals surface area contributed by atoms with E-state index in [1.165, 1.54) is 0 Å². The Bertz CT molecular complexity index is 618. The van der Waals surface area contributed by atoms with E-state index in [-0.39, 0.29) is 40.8 Å². The Balaban J connectivity index is 1.68. The second-order valence-electron chi connectivity index (χ2n) is 11.9. The summed E-state index contributed by atoms with van der Waals surface area (Å²) < 4.78 is 28.5. The van der Waals surface area contributed by atoms with Crippen LogP contribution in [0.5, 0.6) is 0 Å². The monoisotopic (exact) mass is 412 g/mol. The lowest BCUT2D eigenvalue weighted by Gasteiger charge is -2.64. The van der Waals surface area contributed by atoms with Gasteiger partial charge in [-0.25, -0.2) is 8.78 Å². The van der Waals surface area contributed by atoms with Crippen LogP contribution < -0.4 is 0 Å². The van der Waals surface area contributed by atoms with E-state index in [9.17, 15) is 19.0 Å². The van der Waals surface area contributed by atoms with Crippen LogP contribution in [0.4, 0.5) is 8.78 Å². The molecular formula is C25H42F2O2. The molecule has 4 rings (SSSR count). The summed E-state index contributed by atoms with van der Waals surface area (Å²) in [5, 5.41) is 22.0. The summed E-state index contributed by atoms with van der Waals surface area (Å²) in [5.74, 6) is -1.55. The SMILES string of the molecule is CC[C@H]1[C@@H](O)C2C3CC[C@H]([C@H](C)C(C)(F)F)[C@@]3(C)CCC2[C@@]2(C)CC[C@@H](O)C[C@@H]12. The minimum absolute atomic E-state index is 0.0411. The van der Waals surface area contributed by atoms with Crippen LogP contribution in [-0.4, -0.2) is 28.3 Å². The van der Waals surface area contributed by atoms with Gasteiger partial charge in [-0.05, 0) is 98.2 Å². The van der Waals surface area contributed by atoms with E-state index >= 15 is 0 Å². The molecule has 4 aliphatic carbocycles. The number of aliphatic hydroxyl groups is 2. The Labute approximate surface area is 175 Å². The van der Waals surface area contributed by atoms with Gasteiger partial charge in [-0.3, -0.25) is 0 Å². The van der Waals surface area contributed by atoms with Crippen LogP contribution in [0.25, 0.3) is 0 Å². The average Bonchev–Trinajstić information content (AvgIpc) is 2.99. The number of alkyl halides is 2. The van der Waals surface area contributed by atoms with Crippen molar-refractivity contribution in [3.8, 4) is 0 Å². The molecule has 4 fully saturated rings. The molecule has 4 heteroatoms. The third kappa shape index (κ3) is 3.13. The van der Waals surface area contributed by atoms with Gasteiger partial charge >= 0.3 is 0 Å². The molecule has 2 nitrogen and oxygen atoms in total. The molecule has 4 saturated carbocycles. The van der Waals surface area contributed by atoms with E-state index in [1.807, 2.05) is 0 Å². The number of aliphatic hydroxyl groups excluding tert-OH is 2. The van der Waals surface area contributed by atoms with Gasteiger partial charge in [0, 0.05) is 5.92 Å². The highest BCUT2D eigenvalue weighted by molar-refractivity contribution is 5.13. The smallest absolute Gasteiger partial charge is 0.248 e. The van der Waals surface area contributed by atoms with Gasteiger partial charge in [0.2, 0.25) is 5.92 Å². The van der Waals surface area contributed by atoms with Gasteiger partial charge in [0.05, 0.1) is 12.2 Å². The van der Waals surface area contributed by atoms with E-state index in [1.54, 1.807) is 6.92 Å². The standard InChI is InChI=1S/C25H42F2O2/c1-6-16-20-13-15(28)9-11-24(20,4)19-10-12-23(3)17(14(2)25(5,26)27)7-8-18(23)21(19)22(16)29/h14-22,28-29H,6-13H2,1-5H3/t14-,15+,16+,17+,18?,19?,20-,21?,22+,23+,24+/m0/s1. The molecule has 0 aromatic heterocycles. The minimum Gasteiger partial charge on any atom is -0.393 e. The highest BCUT2D eigenvalue weighted by atomic mass is 19.3. The molecular weight excluding hydrogens is 370 g/mol. The topological polar surface area (TPSA) is 40.5 Å². The third-order valence-corrected chi connectivity index (χ3v) is 10.9. The molecule has 0 radical (unpaired) electrons. The number of hydrogen-bond donors (Lipinski definition) is 2. The highest BCUT2D eigenvalue weighted by Crippen LogP contribution is 2.69. The molecule has 0 amide bonds. The van der Waals surface area contributed by atoms with Crippen molar-refractivity contribution in [2.45, 2.75) is 104 Å². The van der Waals surface area contributed by atoms with Crippen LogP contribution in [0.1, 0.15) is 86.0 Å². The first-order valence-electron chi connectivity index (χ1n) is 12.2. The minimum atomic E-state index is -2.65.